The maximum atomic E-state index is 11.0. The van der Waals surface area contributed by atoms with Gasteiger partial charge in [0.2, 0.25) is 0 Å². The summed E-state index contributed by atoms with van der Waals surface area (Å²) in [5.74, 6) is -0.946. The maximum Gasteiger partial charge on any atom is 0.339 e. The molecule has 0 spiro atoms. The third-order valence-electron chi connectivity index (χ3n) is 2.59. The zero-order valence-corrected chi connectivity index (χ0v) is 8.26. The summed E-state index contributed by atoms with van der Waals surface area (Å²) in [4.78, 5) is 16.8. The van der Waals surface area contributed by atoms with Crippen molar-refractivity contribution in [3.05, 3.63) is 24.0 Å². The molecule has 0 bridgehead atoms. The van der Waals surface area contributed by atoms with Crippen molar-refractivity contribution >= 4 is 11.7 Å². The number of pyridine rings is 1. The van der Waals surface area contributed by atoms with Crippen molar-refractivity contribution in [3.63, 3.8) is 0 Å². The summed E-state index contributed by atoms with van der Waals surface area (Å²) in [6.45, 7) is 1.52. The van der Waals surface area contributed by atoms with E-state index < -0.39 is 5.97 Å². The number of aromatic nitrogens is 1. The van der Waals surface area contributed by atoms with Gasteiger partial charge in [-0.2, -0.15) is 0 Å². The minimum Gasteiger partial charge on any atom is -0.478 e. The molecule has 0 saturated carbocycles. The molecule has 5 nitrogen and oxygen atoms in total. The Morgan fingerprint density at radius 3 is 3.07 bits per heavy atom. The first kappa shape index (κ1) is 9.92. The first-order valence-corrected chi connectivity index (χ1v) is 4.86. The Bertz CT molecular complexity index is 381. The fourth-order valence-electron chi connectivity index (χ4n) is 1.83. The second-order valence-corrected chi connectivity index (χ2v) is 3.69. The van der Waals surface area contributed by atoms with Gasteiger partial charge >= 0.3 is 5.97 Å². The quantitative estimate of drug-likeness (QED) is 0.730. The van der Waals surface area contributed by atoms with E-state index in [4.69, 9.17) is 10.8 Å². The van der Waals surface area contributed by atoms with Crippen molar-refractivity contribution in [1.82, 2.24) is 4.98 Å². The maximum absolute atomic E-state index is 11.0. The van der Waals surface area contributed by atoms with Gasteiger partial charge in [0.25, 0.3) is 0 Å². The molecule has 1 aliphatic heterocycles. The molecule has 1 aromatic heterocycles. The zero-order chi connectivity index (χ0) is 10.8. The van der Waals surface area contributed by atoms with Gasteiger partial charge in [-0.3, -0.25) is 4.98 Å². The van der Waals surface area contributed by atoms with Crippen molar-refractivity contribution in [2.45, 2.75) is 12.5 Å². The number of nitrogens with two attached hydrogens (primary N) is 1. The standard InChI is InChI=1S/C10H13N3O2/c11-7-2-4-13(6-7)9-1-3-12-5-8(9)10(14)15/h1,3,5,7H,2,4,6,11H2,(H,14,15). The fraction of sp³-hybridized carbons (Fsp3) is 0.400. The predicted octanol–water partition coefficient (Wildman–Crippen LogP) is 0.317. The van der Waals surface area contributed by atoms with Crippen LogP contribution in [0.1, 0.15) is 16.8 Å². The van der Waals surface area contributed by atoms with Crippen LogP contribution in [0, 0.1) is 0 Å². The Kier molecular flexibility index (Phi) is 2.55. The summed E-state index contributed by atoms with van der Waals surface area (Å²) < 4.78 is 0. The number of carboxylic acids is 1. The lowest BCUT2D eigenvalue weighted by Gasteiger charge is -2.19. The van der Waals surface area contributed by atoms with Crippen LogP contribution >= 0.6 is 0 Å². The highest BCUT2D eigenvalue weighted by atomic mass is 16.4. The van der Waals surface area contributed by atoms with E-state index in [-0.39, 0.29) is 11.6 Å². The minimum absolute atomic E-state index is 0.139. The number of rotatable bonds is 2. The molecule has 1 atom stereocenters. The summed E-state index contributed by atoms with van der Waals surface area (Å²) in [6, 6.07) is 1.86. The number of hydrogen-bond donors (Lipinski definition) is 2. The highest BCUT2D eigenvalue weighted by Gasteiger charge is 2.23. The summed E-state index contributed by atoms with van der Waals surface area (Å²) in [5, 5.41) is 8.99. The van der Waals surface area contributed by atoms with Gasteiger partial charge in [0.05, 0.1) is 5.69 Å². The normalized spacial score (nSPS) is 20.6. The van der Waals surface area contributed by atoms with Crippen molar-refractivity contribution in [3.8, 4) is 0 Å². The molecule has 0 radical (unpaired) electrons. The number of hydrogen-bond acceptors (Lipinski definition) is 4. The van der Waals surface area contributed by atoms with E-state index in [2.05, 4.69) is 4.98 Å². The second-order valence-electron chi connectivity index (χ2n) is 3.69. The average Bonchev–Trinajstić information content (AvgIpc) is 2.65. The van der Waals surface area contributed by atoms with E-state index in [1.807, 2.05) is 4.90 Å². The van der Waals surface area contributed by atoms with Gasteiger partial charge in [0, 0.05) is 31.5 Å². The zero-order valence-electron chi connectivity index (χ0n) is 8.26. The van der Waals surface area contributed by atoms with Crippen molar-refractivity contribution in [1.29, 1.82) is 0 Å². The Hall–Kier alpha value is -1.62. The van der Waals surface area contributed by atoms with Gasteiger partial charge in [-0.1, -0.05) is 0 Å². The summed E-state index contributed by atoms with van der Waals surface area (Å²) in [6.07, 6.45) is 3.88. The highest BCUT2D eigenvalue weighted by Crippen LogP contribution is 2.23. The molecule has 3 N–H and O–H groups in total. The molecule has 0 aromatic carbocycles. The van der Waals surface area contributed by atoms with Gasteiger partial charge in [-0.25, -0.2) is 4.79 Å². The van der Waals surface area contributed by atoms with Crippen LogP contribution in [0.15, 0.2) is 18.5 Å². The van der Waals surface area contributed by atoms with Gasteiger partial charge < -0.3 is 15.7 Å². The van der Waals surface area contributed by atoms with E-state index in [9.17, 15) is 4.79 Å². The van der Waals surface area contributed by atoms with Gasteiger partial charge in [0.1, 0.15) is 5.56 Å². The van der Waals surface area contributed by atoms with Crippen LogP contribution in [-0.4, -0.2) is 35.2 Å². The SMILES string of the molecule is NC1CCN(c2ccncc2C(=O)O)C1. The Balaban J connectivity index is 2.31. The van der Waals surface area contributed by atoms with Crippen LogP contribution in [0.25, 0.3) is 0 Å². The third-order valence-corrected chi connectivity index (χ3v) is 2.59. The molecule has 1 aromatic rings. The lowest BCUT2D eigenvalue weighted by molar-refractivity contribution is 0.0697. The van der Waals surface area contributed by atoms with Gasteiger partial charge in [0.15, 0.2) is 0 Å². The molecule has 2 rings (SSSR count). The molecule has 15 heavy (non-hydrogen) atoms. The summed E-state index contributed by atoms with van der Waals surface area (Å²) in [5.41, 5.74) is 6.74. The molecule has 1 saturated heterocycles. The monoisotopic (exact) mass is 207 g/mol. The van der Waals surface area contributed by atoms with Crippen molar-refractivity contribution in [2.24, 2.45) is 5.73 Å². The van der Waals surface area contributed by atoms with Crippen LogP contribution in [-0.2, 0) is 0 Å². The largest absolute Gasteiger partial charge is 0.478 e. The number of aromatic carboxylic acids is 1. The molecule has 0 amide bonds. The van der Waals surface area contributed by atoms with E-state index in [0.29, 0.717) is 12.2 Å². The van der Waals surface area contributed by atoms with Crippen LogP contribution in [0.3, 0.4) is 0 Å². The fourth-order valence-corrected chi connectivity index (χ4v) is 1.83. The van der Waals surface area contributed by atoms with Crippen LogP contribution in [0.4, 0.5) is 5.69 Å². The Labute approximate surface area is 87.5 Å². The van der Waals surface area contributed by atoms with Crippen molar-refractivity contribution < 1.29 is 9.90 Å². The lowest BCUT2D eigenvalue weighted by Crippen LogP contribution is -2.27. The molecule has 80 valence electrons. The van der Waals surface area contributed by atoms with Crippen LogP contribution in [0.2, 0.25) is 0 Å². The predicted molar refractivity (Wildman–Crippen MR) is 56.0 cm³/mol. The van der Waals surface area contributed by atoms with Crippen LogP contribution in [0.5, 0.6) is 0 Å². The van der Waals surface area contributed by atoms with E-state index >= 15 is 0 Å². The summed E-state index contributed by atoms with van der Waals surface area (Å²) in [7, 11) is 0. The minimum atomic E-state index is -0.946. The van der Waals surface area contributed by atoms with E-state index in [0.717, 1.165) is 13.0 Å². The Morgan fingerprint density at radius 2 is 2.47 bits per heavy atom. The molecular weight excluding hydrogens is 194 g/mol. The van der Waals surface area contributed by atoms with E-state index in [1.54, 1.807) is 12.3 Å². The second kappa shape index (κ2) is 3.86. The number of anilines is 1. The topological polar surface area (TPSA) is 79.5 Å². The highest BCUT2D eigenvalue weighted by molar-refractivity contribution is 5.94. The van der Waals surface area contributed by atoms with Crippen molar-refractivity contribution in [2.75, 3.05) is 18.0 Å². The van der Waals surface area contributed by atoms with Gasteiger partial charge in [-0.05, 0) is 12.5 Å². The molecule has 1 aliphatic rings. The molecule has 1 unspecified atom stereocenters. The first-order chi connectivity index (χ1) is 7.18. The summed E-state index contributed by atoms with van der Waals surface area (Å²) >= 11 is 0. The van der Waals surface area contributed by atoms with E-state index in [1.165, 1.54) is 6.20 Å². The number of nitrogens with zero attached hydrogens (tertiary/aromatic N) is 2. The molecular formula is C10H13N3O2. The first-order valence-electron chi connectivity index (χ1n) is 4.86. The molecule has 2 heterocycles. The van der Waals surface area contributed by atoms with Crippen LogP contribution < -0.4 is 10.6 Å². The molecule has 1 fully saturated rings. The average molecular weight is 207 g/mol. The number of carboxylic acid groups (broad SMARTS) is 1. The third kappa shape index (κ3) is 1.92. The van der Waals surface area contributed by atoms with Gasteiger partial charge in [-0.15, -0.1) is 0 Å². The smallest absolute Gasteiger partial charge is 0.339 e. The number of carbonyl (C=O) groups is 1. The molecule has 5 heteroatoms. The molecule has 0 aliphatic carbocycles. The Morgan fingerprint density at radius 1 is 1.67 bits per heavy atom. The lowest BCUT2D eigenvalue weighted by atomic mass is 10.2.